The summed E-state index contributed by atoms with van der Waals surface area (Å²) >= 11 is 8.17. The standard InChI is InChI=1S/C19H16N2O2S3/c22-17(20-9-3-6-13-5-1-2-8-15(13)20)12-21-18(23)16(26-19(21)24)11-14-7-4-10-25-14/h1-2,4-5,7-8,10-11H,3,6,9,12H2/b16-11+. The van der Waals surface area contributed by atoms with Crippen molar-refractivity contribution in [1.82, 2.24) is 4.90 Å². The average molecular weight is 401 g/mol. The SMILES string of the molecule is O=C1/C(=C\c2cccs2)SC(=S)N1CC(=O)N1CCCc2ccccc21. The second-order valence-electron chi connectivity index (χ2n) is 6.06. The third-order valence-electron chi connectivity index (χ3n) is 4.39. The van der Waals surface area contributed by atoms with Crippen LogP contribution in [0.4, 0.5) is 5.69 Å². The van der Waals surface area contributed by atoms with Gasteiger partial charge in [0, 0.05) is 17.1 Å². The van der Waals surface area contributed by atoms with E-state index in [4.69, 9.17) is 12.2 Å². The van der Waals surface area contributed by atoms with Crippen LogP contribution < -0.4 is 4.90 Å². The molecule has 1 aromatic carbocycles. The summed E-state index contributed by atoms with van der Waals surface area (Å²) in [5, 5.41) is 1.96. The van der Waals surface area contributed by atoms with Crippen LogP contribution in [0.2, 0.25) is 0 Å². The molecule has 132 valence electrons. The third kappa shape index (κ3) is 3.34. The Morgan fingerprint density at radius 2 is 2.08 bits per heavy atom. The molecular formula is C19H16N2O2S3. The minimum atomic E-state index is -0.188. The monoisotopic (exact) mass is 400 g/mol. The number of anilines is 1. The lowest BCUT2D eigenvalue weighted by atomic mass is 10.0. The van der Waals surface area contributed by atoms with Gasteiger partial charge in [0.1, 0.15) is 10.9 Å². The van der Waals surface area contributed by atoms with Crippen LogP contribution in [-0.2, 0) is 16.0 Å². The van der Waals surface area contributed by atoms with Crippen LogP contribution in [0.5, 0.6) is 0 Å². The molecule has 0 aliphatic carbocycles. The van der Waals surface area contributed by atoms with E-state index in [1.54, 1.807) is 16.2 Å². The molecule has 0 spiro atoms. The minimum Gasteiger partial charge on any atom is -0.311 e. The molecule has 4 rings (SSSR count). The second kappa shape index (κ2) is 7.34. The maximum atomic E-state index is 12.9. The lowest BCUT2D eigenvalue weighted by molar-refractivity contribution is -0.127. The van der Waals surface area contributed by atoms with Gasteiger partial charge in [0.05, 0.1) is 4.91 Å². The number of carbonyl (C=O) groups excluding carboxylic acids is 2. The summed E-state index contributed by atoms with van der Waals surface area (Å²) in [5.74, 6) is -0.280. The Balaban J connectivity index is 1.52. The summed E-state index contributed by atoms with van der Waals surface area (Å²) in [4.78, 5) is 30.3. The summed E-state index contributed by atoms with van der Waals surface area (Å²) in [5.41, 5.74) is 2.12. The van der Waals surface area contributed by atoms with Crippen LogP contribution in [0, 0.1) is 0 Å². The van der Waals surface area contributed by atoms with E-state index in [1.165, 1.54) is 22.2 Å². The Hall–Kier alpha value is -1.96. The van der Waals surface area contributed by atoms with Crippen molar-refractivity contribution in [2.45, 2.75) is 12.8 Å². The zero-order valence-electron chi connectivity index (χ0n) is 13.9. The first kappa shape index (κ1) is 17.5. The topological polar surface area (TPSA) is 40.6 Å². The summed E-state index contributed by atoms with van der Waals surface area (Å²) in [6.07, 6.45) is 3.74. The molecule has 0 bridgehead atoms. The molecule has 2 aliphatic heterocycles. The lowest BCUT2D eigenvalue weighted by Gasteiger charge is -2.30. The van der Waals surface area contributed by atoms with Crippen LogP contribution in [0.1, 0.15) is 16.9 Å². The Morgan fingerprint density at radius 1 is 1.23 bits per heavy atom. The summed E-state index contributed by atoms with van der Waals surface area (Å²) in [6, 6.07) is 11.8. The number of carbonyl (C=O) groups is 2. The van der Waals surface area contributed by atoms with Gasteiger partial charge in [-0.15, -0.1) is 11.3 Å². The molecule has 26 heavy (non-hydrogen) atoms. The van der Waals surface area contributed by atoms with E-state index in [-0.39, 0.29) is 18.4 Å². The van der Waals surface area contributed by atoms with Crippen molar-refractivity contribution >= 4 is 63.2 Å². The van der Waals surface area contributed by atoms with E-state index in [0.717, 1.165) is 23.4 Å². The zero-order valence-corrected chi connectivity index (χ0v) is 16.3. The van der Waals surface area contributed by atoms with Crippen molar-refractivity contribution in [1.29, 1.82) is 0 Å². The molecule has 2 amide bonds. The molecule has 3 heterocycles. The number of thiocarbonyl (C=S) groups is 1. The van der Waals surface area contributed by atoms with Crippen molar-refractivity contribution in [2.75, 3.05) is 18.0 Å². The number of para-hydroxylation sites is 1. The van der Waals surface area contributed by atoms with E-state index in [2.05, 4.69) is 6.07 Å². The third-order valence-corrected chi connectivity index (χ3v) is 6.59. The van der Waals surface area contributed by atoms with E-state index < -0.39 is 0 Å². The Morgan fingerprint density at radius 3 is 2.88 bits per heavy atom. The fourth-order valence-electron chi connectivity index (χ4n) is 3.15. The number of hydrogen-bond acceptors (Lipinski definition) is 5. The average Bonchev–Trinajstić information content (AvgIpc) is 3.25. The molecule has 0 unspecified atom stereocenters. The van der Waals surface area contributed by atoms with Gasteiger partial charge in [0.15, 0.2) is 0 Å². The number of hydrogen-bond donors (Lipinski definition) is 0. The van der Waals surface area contributed by atoms with E-state index >= 15 is 0 Å². The van der Waals surface area contributed by atoms with Gasteiger partial charge < -0.3 is 4.90 Å². The molecule has 2 aromatic rings. The Bertz CT molecular complexity index is 905. The fourth-order valence-corrected chi connectivity index (χ4v) is 5.13. The maximum absolute atomic E-state index is 12.9. The van der Waals surface area contributed by atoms with Crippen molar-refractivity contribution in [2.24, 2.45) is 0 Å². The Labute approximate surface area is 165 Å². The molecule has 0 radical (unpaired) electrons. The highest BCUT2D eigenvalue weighted by atomic mass is 32.2. The smallest absolute Gasteiger partial charge is 0.266 e. The van der Waals surface area contributed by atoms with Crippen molar-refractivity contribution < 1.29 is 9.59 Å². The highest BCUT2D eigenvalue weighted by molar-refractivity contribution is 8.26. The van der Waals surface area contributed by atoms with Crippen LogP contribution in [0.15, 0.2) is 46.7 Å². The first-order valence-corrected chi connectivity index (χ1v) is 10.4. The number of nitrogens with zero attached hydrogens (tertiary/aromatic N) is 2. The number of fused-ring (bicyclic) bond motifs is 1. The van der Waals surface area contributed by atoms with Gasteiger partial charge in [-0.1, -0.05) is 48.2 Å². The molecule has 0 atom stereocenters. The van der Waals surface area contributed by atoms with Gasteiger partial charge in [-0.05, 0) is 42.0 Å². The quantitative estimate of drug-likeness (QED) is 0.578. The molecule has 2 aliphatic rings. The van der Waals surface area contributed by atoms with Crippen LogP contribution in [0.25, 0.3) is 6.08 Å². The van der Waals surface area contributed by atoms with E-state index in [0.29, 0.717) is 15.8 Å². The predicted octanol–water partition coefficient (Wildman–Crippen LogP) is 3.93. The number of thiophene rings is 1. The molecule has 7 heteroatoms. The molecule has 4 nitrogen and oxygen atoms in total. The second-order valence-corrected chi connectivity index (χ2v) is 8.72. The number of benzene rings is 1. The van der Waals surface area contributed by atoms with E-state index in [9.17, 15) is 9.59 Å². The molecular weight excluding hydrogens is 384 g/mol. The fraction of sp³-hybridized carbons (Fsp3) is 0.211. The zero-order chi connectivity index (χ0) is 18.1. The van der Waals surface area contributed by atoms with Crippen molar-refractivity contribution in [3.8, 4) is 0 Å². The van der Waals surface area contributed by atoms with Crippen LogP contribution >= 0.6 is 35.3 Å². The van der Waals surface area contributed by atoms with Gasteiger partial charge in [0.2, 0.25) is 5.91 Å². The van der Waals surface area contributed by atoms with Gasteiger partial charge in [-0.25, -0.2) is 0 Å². The van der Waals surface area contributed by atoms with Crippen LogP contribution in [-0.4, -0.2) is 34.1 Å². The minimum absolute atomic E-state index is 0.0131. The van der Waals surface area contributed by atoms with Gasteiger partial charge >= 0.3 is 0 Å². The first-order chi connectivity index (χ1) is 12.6. The van der Waals surface area contributed by atoms with Gasteiger partial charge in [-0.3, -0.25) is 14.5 Å². The number of thioether (sulfide) groups is 1. The highest BCUT2D eigenvalue weighted by Crippen LogP contribution is 2.34. The highest BCUT2D eigenvalue weighted by Gasteiger charge is 2.35. The van der Waals surface area contributed by atoms with Gasteiger partial charge in [-0.2, -0.15) is 0 Å². The first-order valence-electron chi connectivity index (χ1n) is 8.30. The molecule has 0 N–H and O–H groups in total. The van der Waals surface area contributed by atoms with Gasteiger partial charge in [0.25, 0.3) is 5.91 Å². The summed E-state index contributed by atoms with van der Waals surface area (Å²) in [7, 11) is 0. The number of rotatable bonds is 3. The number of amides is 2. The summed E-state index contributed by atoms with van der Waals surface area (Å²) < 4.78 is 0.441. The largest absolute Gasteiger partial charge is 0.311 e. The number of aryl methyl sites for hydroxylation is 1. The summed E-state index contributed by atoms with van der Waals surface area (Å²) in [6.45, 7) is 0.663. The van der Waals surface area contributed by atoms with Crippen LogP contribution in [0.3, 0.4) is 0 Å². The molecule has 1 fully saturated rings. The normalized spacial score (nSPS) is 18.5. The van der Waals surface area contributed by atoms with Crippen molar-refractivity contribution in [3.63, 3.8) is 0 Å². The molecule has 0 saturated carbocycles. The lowest BCUT2D eigenvalue weighted by Crippen LogP contribution is -2.44. The molecule has 1 aromatic heterocycles. The molecule has 1 saturated heterocycles. The maximum Gasteiger partial charge on any atom is 0.266 e. The predicted molar refractivity (Wildman–Crippen MR) is 111 cm³/mol. The van der Waals surface area contributed by atoms with E-state index in [1.807, 2.05) is 41.8 Å². The Kier molecular flexibility index (Phi) is 4.93. The van der Waals surface area contributed by atoms with Crippen molar-refractivity contribution in [3.05, 3.63) is 57.1 Å².